The first-order valence-corrected chi connectivity index (χ1v) is 10.7. The maximum absolute atomic E-state index is 12.9. The van der Waals surface area contributed by atoms with Gasteiger partial charge in [0.2, 0.25) is 11.8 Å². The molecular weight excluding hydrogens is 406 g/mol. The Labute approximate surface area is 189 Å². The van der Waals surface area contributed by atoms with Gasteiger partial charge in [0.05, 0.1) is 0 Å². The number of carbonyl (C=O) groups is 3. The van der Waals surface area contributed by atoms with Crippen molar-refractivity contribution in [3.63, 3.8) is 0 Å². The Morgan fingerprint density at radius 3 is 2.19 bits per heavy atom. The minimum absolute atomic E-state index is 0.0735. The van der Waals surface area contributed by atoms with Gasteiger partial charge in [0.25, 0.3) is 0 Å². The molecule has 0 spiro atoms. The number of anilines is 1. The molecule has 2 aromatic rings. The number of rotatable bonds is 8. The van der Waals surface area contributed by atoms with Gasteiger partial charge in [-0.1, -0.05) is 56.3 Å². The SMILES string of the molecule is CC(C)C(=O)Nc1cccc(CNC(=O)[C@@H](Cc2ccccc2)NC(=O)OC(C)(C)C)c1. The third-order valence-electron chi connectivity index (χ3n) is 4.48. The van der Waals surface area contributed by atoms with Gasteiger partial charge in [0.15, 0.2) is 0 Å². The molecule has 0 bridgehead atoms. The molecule has 0 radical (unpaired) electrons. The summed E-state index contributed by atoms with van der Waals surface area (Å²) in [6.07, 6.45) is -0.317. The van der Waals surface area contributed by atoms with Crippen LogP contribution < -0.4 is 16.0 Å². The molecule has 172 valence electrons. The highest BCUT2D eigenvalue weighted by atomic mass is 16.6. The Balaban J connectivity index is 2.05. The number of alkyl carbamates (subject to hydrolysis) is 1. The van der Waals surface area contributed by atoms with E-state index in [2.05, 4.69) is 16.0 Å². The van der Waals surface area contributed by atoms with Gasteiger partial charge < -0.3 is 20.7 Å². The van der Waals surface area contributed by atoms with E-state index in [0.717, 1.165) is 11.1 Å². The van der Waals surface area contributed by atoms with Crippen molar-refractivity contribution in [2.75, 3.05) is 5.32 Å². The maximum Gasteiger partial charge on any atom is 0.408 e. The van der Waals surface area contributed by atoms with E-state index in [1.54, 1.807) is 26.8 Å². The first kappa shape index (κ1) is 24.9. The summed E-state index contributed by atoms with van der Waals surface area (Å²) in [7, 11) is 0. The standard InChI is InChI=1S/C25H33N3O4/c1-17(2)22(29)27-20-13-9-12-19(14-20)16-26-23(30)21(15-18-10-7-6-8-11-18)28-24(31)32-25(3,4)5/h6-14,17,21H,15-16H2,1-5H3,(H,26,30)(H,27,29)(H,28,31)/t21-/m1/s1. The van der Waals surface area contributed by atoms with E-state index in [1.807, 2.05) is 62.4 Å². The van der Waals surface area contributed by atoms with Gasteiger partial charge in [0, 0.05) is 24.6 Å². The fourth-order valence-corrected chi connectivity index (χ4v) is 2.87. The Hall–Kier alpha value is -3.35. The number of carbonyl (C=O) groups excluding carboxylic acids is 3. The van der Waals surface area contributed by atoms with Crippen LogP contribution in [0.15, 0.2) is 54.6 Å². The lowest BCUT2D eigenvalue weighted by molar-refractivity contribution is -0.123. The van der Waals surface area contributed by atoms with Gasteiger partial charge in [-0.25, -0.2) is 4.79 Å². The smallest absolute Gasteiger partial charge is 0.408 e. The number of ether oxygens (including phenoxy) is 1. The molecule has 0 fully saturated rings. The first-order chi connectivity index (χ1) is 15.0. The van der Waals surface area contributed by atoms with Crippen LogP contribution in [0.1, 0.15) is 45.7 Å². The van der Waals surface area contributed by atoms with Crippen LogP contribution in [-0.4, -0.2) is 29.6 Å². The van der Waals surface area contributed by atoms with Crippen LogP contribution in [0.25, 0.3) is 0 Å². The maximum atomic E-state index is 12.9. The molecule has 3 amide bonds. The first-order valence-electron chi connectivity index (χ1n) is 10.7. The number of hydrogen-bond donors (Lipinski definition) is 3. The van der Waals surface area contributed by atoms with Crippen LogP contribution in [0.5, 0.6) is 0 Å². The second-order valence-corrected chi connectivity index (χ2v) is 8.95. The Kier molecular flexibility index (Phi) is 8.81. The number of benzene rings is 2. The average molecular weight is 440 g/mol. The van der Waals surface area contributed by atoms with Gasteiger partial charge >= 0.3 is 6.09 Å². The van der Waals surface area contributed by atoms with Crippen LogP contribution in [0, 0.1) is 5.92 Å². The molecule has 2 aromatic carbocycles. The molecule has 0 unspecified atom stereocenters. The highest BCUT2D eigenvalue weighted by Crippen LogP contribution is 2.13. The summed E-state index contributed by atoms with van der Waals surface area (Å²) in [6, 6.07) is 16.0. The van der Waals surface area contributed by atoms with E-state index in [-0.39, 0.29) is 24.3 Å². The monoisotopic (exact) mass is 439 g/mol. The number of hydrogen-bond acceptors (Lipinski definition) is 4. The molecule has 0 heterocycles. The Bertz CT molecular complexity index is 920. The summed E-state index contributed by atoms with van der Waals surface area (Å²) in [4.78, 5) is 37.1. The lowest BCUT2D eigenvalue weighted by Gasteiger charge is -2.23. The van der Waals surface area contributed by atoms with Crippen molar-refractivity contribution in [3.05, 3.63) is 65.7 Å². The van der Waals surface area contributed by atoms with Crippen molar-refractivity contribution in [3.8, 4) is 0 Å². The predicted molar refractivity (Wildman–Crippen MR) is 125 cm³/mol. The number of amides is 3. The lowest BCUT2D eigenvalue weighted by Crippen LogP contribution is -2.49. The lowest BCUT2D eigenvalue weighted by atomic mass is 10.1. The van der Waals surface area contributed by atoms with Gasteiger partial charge in [-0.2, -0.15) is 0 Å². The second kappa shape index (κ2) is 11.3. The summed E-state index contributed by atoms with van der Waals surface area (Å²) in [5.41, 5.74) is 1.75. The molecule has 0 aliphatic rings. The van der Waals surface area contributed by atoms with E-state index >= 15 is 0 Å². The van der Waals surface area contributed by atoms with E-state index in [0.29, 0.717) is 12.1 Å². The third kappa shape index (κ3) is 8.79. The average Bonchev–Trinajstić information content (AvgIpc) is 2.71. The third-order valence-corrected chi connectivity index (χ3v) is 4.48. The van der Waals surface area contributed by atoms with Crippen LogP contribution >= 0.6 is 0 Å². The van der Waals surface area contributed by atoms with E-state index in [9.17, 15) is 14.4 Å². The van der Waals surface area contributed by atoms with Crippen molar-refractivity contribution in [2.24, 2.45) is 5.92 Å². The molecule has 0 saturated heterocycles. The van der Waals surface area contributed by atoms with E-state index in [1.165, 1.54) is 0 Å². The topological polar surface area (TPSA) is 96.5 Å². The van der Waals surface area contributed by atoms with Gasteiger partial charge in [-0.3, -0.25) is 9.59 Å². The van der Waals surface area contributed by atoms with Crippen LogP contribution in [-0.2, 0) is 27.3 Å². The molecule has 3 N–H and O–H groups in total. The molecule has 7 heteroatoms. The zero-order valence-electron chi connectivity index (χ0n) is 19.4. The highest BCUT2D eigenvalue weighted by Gasteiger charge is 2.24. The van der Waals surface area contributed by atoms with Crippen LogP contribution in [0.4, 0.5) is 10.5 Å². The molecule has 0 aliphatic carbocycles. The van der Waals surface area contributed by atoms with Crippen molar-refractivity contribution in [1.29, 1.82) is 0 Å². The van der Waals surface area contributed by atoms with Crippen LogP contribution in [0.2, 0.25) is 0 Å². The molecule has 7 nitrogen and oxygen atoms in total. The largest absolute Gasteiger partial charge is 0.444 e. The molecule has 1 atom stereocenters. The van der Waals surface area contributed by atoms with Crippen LogP contribution in [0.3, 0.4) is 0 Å². The molecule has 32 heavy (non-hydrogen) atoms. The molecule has 0 aliphatic heterocycles. The minimum atomic E-state index is -0.795. The van der Waals surface area contributed by atoms with Crippen molar-refractivity contribution in [2.45, 2.75) is 59.2 Å². The summed E-state index contributed by atoms with van der Waals surface area (Å²) in [6.45, 7) is 9.21. The quantitative estimate of drug-likeness (QED) is 0.578. The fourth-order valence-electron chi connectivity index (χ4n) is 2.87. The fraction of sp³-hybridized carbons (Fsp3) is 0.400. The van der Waals surface area contributed by atoms with Crippen molar-refractivity contribution < 1.29 is 19.1 Å². The zero-order chi connectivity index (χ0) is 23.7. The molecule has 0 saturated carbocycles. The van der Waals surface area contributed by atoms with Crippen molar-refractivity contribution >= 4 is 23.6 Å². The van der Waals surface area contributed by atoms with Gasteiger partial charge in [-0.05, 0) is 44.0 Å². The normalized spacial score (nSPS) is 12.1. The van der Waals surface area contributed by atoms with Gasteiger partial charge in [0.1, 0.15) is 11.6 Å². The predicted octanol–water partition coefficient (Wildman–Crippen LogP) is 4.03. The van der Waals surface area contributed by atoms with E-state index < -0.39 is 17.7 Å². The minimum Gasteiger partial charge on any atom is -0.444 e. The zero-order valence-corrected chi connectivity index (χ0v) is 19.4. The molecule has 0 aromatic heterocycles. The Morgan fingerprint density at radius 2 is 1.56 bits per heavy atom. The van der Waals surface area contributed by atoms with E-state index in [4.69, 9.17) is 4.74 Å². The highest BCUT2D eigenvalue weighted by molar-refractivity contribution is 5.92. The second-order valence-electron chi connectivity index (χ2n) is 8.95. The van der Waals surface area contributed by atoms with Crippen molar-refractivity contribution in [1.82, 2.24) is 10.6 Å². The Morgan fingerprint density at radius 1 is 0.906 bits per heavy atom. The summed E-state index contributed by atoms with van der Waals surface area (Å²) >= 11 is 0. The number of nitrogens with one attached hydrogen (secondary N) is 3. The molecular formula is C25H33N3O4. The summed E-state index contributed by atoms with van der Waals surface area (Å²) in [5, 5.41) is 8.39. The summed E-state index contributed by atoms with van der Waals surface area (Å²) < 4.78 is 5.32. The molecule has 2 rings (SSSR count). The van der Waals surface area contributed by atoms with Gasteiger partial charge in [-0.15, -0.1) is 0 Å². The summed E-state index contributed by atoms with van der Waals surface area (Å²) in [5.74, 6) is -0.525.